The molecule has 0 saturated carbocycles. The van der Waals surface area contributed by atoms with Gasteiger partial charge in [0.2, 0.25) is 6.29 Å². The number of benzene rings is 1. The molecule has 0 saturated heterocycles. The van der Waals surface area contributed by atoms with Crippen LogP contribution in [0.5, 0.6) is 0 Å². The van der Waals surface area contributed by atoms with E-state index in [0.29, 0.717) is 11.4 Å². The molecule has 0 radical (unpaired) electrons. The summed E-state index contributed by atoms with van der Waals surface area (Å²) in [6, 6.07) is 7.44. The molecule has 0 amide bonds. The Labute approximate surface area is 93.3 Å². The van der Waals surface area contributed by atoms with Crippen molar-refractivity contribution in [3.8, 4) is 0 Å². The molecule has 1 unspecified atom stereocenters. The van der Waals surface area contributed by atoms with Crippen molar-refractivity contribution < 1.29 is 9.94 Å². The van der Waals surface area contributed by atoms with Crippen LogP contribution >= 0.6 is 11.6 Å². The molecule has 1 aromatic carbocycles. The molecule has 0 aliphatic carbocycles. The predicted molar refractivity (Wildman–Crippen MR) is 58.9 cm³/mol. The Morgan fingerprint density at radius 2 is 2.07 bits per heavy atom. The first-order valence-electron chi connectivity index (χ1n) is 4.84. The summed E-state index contributed by atoms with van der Waals surface area (Å²) in [7, 11) is 0. The van der Waals surface area contributed by atoms with E-state index in [4.69, 9.17) is 16.4 Å². The second-order valence-corrected chi connectivity index (χ2v) is 4.12. The molecule has 1 aromatic rings. The Morgan fingerprint density at radius 3 is 2.67 bits per heavy atom. The highest BCUT2D eigenvalue weighted by molar-refractivity contribution is 6.30. The summed E-state index contributed by atoms with van der Waals surface area (Å²) in [6.07, 6.45) is -0.211. The maximum Gasteiger partial charge on any atom is 0.225 e. The lowest BCUT2D eigenvalue weighted by atomic mass is 9.95. The maximum absolute atomic E-state index is 9.24. The fourth-order valence-electron chi connectivity index (χ4n) is 1.62. The van der Waals surface area contributed by atoms with Crippen LogP contribution in [0.3, 0.4) is 0 Å². The standard InChI is InChI=1S/C11H12ClNO2/c1-7-6-10(14)15-13-11(7)8-2-4-9(12)5-3-8/h2-5,7,10,14H,6H2,1H3/t7-,10?/m1/s1. The first-order chi connectivity index (χ1) is 7.16. The van der Waals surface area contributed by atoms with E-state index in [-0.39, 0.29) is 5.92 Å². The summed E-state index contributed by atoms with van der Waals surface area (Å²) in [5, 5.41) is 13.9. The Morgan fingerprint density at radius 1 is 1.40 bits per heavy atom. The van der Waals surface area contributed by atoms with Crippen LogP contribution in [0.1, 0.15) is 18.9 Å². The van der Waals surface area contributed by atoms with Crippen molar-refractivity contribution in [3.05, 3.63) is 34.9 Å². The minimum absolute atomic E-state index is 0.190. The third kappa shape index (κ3) is 2.30. The fourth-order valence-corrected chi connectivity index (χ4v) is 1.75. The number of rotatable bonds is 1. The molecule has 1 aliphatic heterocycles. The van der Waals surface area contributed by atoms with Gasteiger partial charge in [0.25, 0.3) is 0 Å². The lowest BCUT2D eigenvalue weighted by Crippen LogP contribution is -2.26. The maximum atomic E-state index is 9.24. The predicted octanol–water partition coefficient (Wildman–Crippen LogP) is 2.42. The van der Waals surface area contributed by atoms with E-state index in [1.807, 2.05) is 31.2 Å². The van der Waals surface area contributed by atoms with Gasteiger partial charge in [0.05, 0.1) is 5.71 Å². The average molecular weight is 226 g/mol. The summed E-state index contributed by atoms with van der Waals surface area (Å²) in [6.45, 7) is 2.01. The van der Waals surface area contributed by atoms with Gasteiger partial charge in [-0.3, -0.25) is 0 Å². The zero-order valence-electron chi connectivity index (χ0n) is 8.35. The lowest BCUT2D eigenvalue weighted by molar-refractivity contribution is -0.114. The number of oxime groups is 1. The summed E-state index contributed by atoms with van der Waals surface area (Å²) in [5.41, 5.74) is 1.84. The first kappa shape index (κ1) is 10.5. The highest BCUT2D eigenvalue weighted by Crippen LogP contribution is 2.21. The third-order valence-corrected chi connectivity index (χ3v) is 2.69. The van der Waals surface area contributed by atoms with Gasteiger partial charge < -0.3 is 9.94 Å². The number of aliphatic hydroxyl groups excluding tert-OH is 1. The summed E-state index contributed by atoms with van der Waals surface area (Å²) in [5.74, 6) is 0.190. The molecule has 3 nitrogen and oxygen atoms in total. The molecular weight excluding hydrogens is 214 g/mol. The average Bonchev–Trinajstić information content (AvgIpc) is 2.20. The Balaban J connectivity index is 2.27. The lowest BCUT2D eigenvalue weighted by Gasteiger charge is -2.22. The van der Waals surface area contributed by atoms with Crippen LogP contribution < -0.4 is 0 Å². The molecule has 0 fully saturated rings. The van der Waals surface area contributed by atoms with Gasteiger partial charge in [-0.25, -0.2) is 0 Å². The van der Waals surface area contributed by atoms with Crippen LogP contribution in [0.4, 0.5) is 0 Å². The van der Waals surface area contributed by atoms with E-state index in [1.54, 1.807) is 0 Å². The number of hydrogen-bond donors (Lipinski definition) is 1. The quantitative estimate of drug-likeness (QED) is 0.798. The van der Waals surface area contributed by atoms with Gasteiger partial charge in [-0.2, -0.15) is 0 Å². The van der Waals surface area contributed by atoms with Crippen molar-refractivity contribution in [1.29, 1.82) is 0 Å². The van der Waals surface area contributed by atoms with Crippen LogP contribution in [0.2, 0.25) is 5.02 Å². The van der Waals surface area contributed by atoms with Crippen molar-refractivity contribution in [1.82, 2.24) is 0 Å². The molecule has 2 rings (SSSR count). The zero-order chi connectivity index (χ0) is 10.8. The molecule has 0 aromatic heterocycles. The van der Waals surface area contributed by atoms with Crippen molar-refractivity contribution in [2.24, 2.45) is 11.1 Å². The van der Waals surface area contributed by atoms with Gasteiger partial charge in [-0.15, -0.1) is 0 Å². The van der Waals surface area contributed by atoms with Crippen molar-refractivity contribution >= 4 is 17.3 Å². The van der Waals surface area contributed by atoms with Gasteiger partial charge in [0.15, 0.2) is 0 Å². The molecule has 1 heterocycles. The van der Waals surface area contributed by atoms with Gasteiger partial charge in [-0.1, -0.05) is 35.8 Å². The van der Waals surface area contributed by atoms with E-state index in [9.17, 15) is 5.11 Å². The summed E-state index contributed by atoms with van der Waals surface area (Å²) >= 11 is 5.80. The van der Waals surface area contributed by atoms with Crippen LogP contribution in [0, 0.1) is 5.92 Å². The largest absolute Gasteiger partial charge is 0.364 e. The Kier molecular flexibility index (Phi) is 2.93. The topological polar surface area (TPSA) is 41.8 Å². The molecule has 80 valence electrons. The normalized spacial score (nSPS) is 25.7. The van der Waals surface area contributed by atoms with Gasteiger partial charge in [0.1, 0.15) is 0 Å². The van der Waals surface area contributed by atoms with Crippen LogP contribution in [-0.2, 0) is 4.84 Å². The number of nitrogens with zero attached hydrogens (tertiary/aromatic N) is 1. The van der Waals surface area contributed by atoms with E-state index in [2.05, 4.69) is 5.16 Å². The van der Waals surface area contributed by atoms with Crippen molar-refractivity contribution in [2.75, 3.05) is 0 Å². The smallest absolute Gasteiger partial charge is 0.225 e. The molecule has 1 N–H and O–H groups in total. The Bertz CT molecular complexity index is 375. The van der Waals surface area contributed by atoms with Gasteiger partial charge in [-0.05, 0) is 17.7 Å². The highest BCUT2D eigenvalue weighted by Gasteiger charge is 2.23. The minimum atomic E-state index is -0.781. The minimum Gasteiger partial charge on any atom is -0.364 e. The van der Waals surface area contributed by atoms with Crippen LogP contribution in [0.15, 0.2) is 29.4 Å². The molecular formula is C11H12ClNO2. The molecule has 0 bridgehead atoms. The molecule has 0 spiro atoms. The summed E-state index contributed by atoms with van der Waals surface area (Å²) in [4.78, 5) is 4.86. The third-order valence-electron chi connectivity index (χ3n) is 2.43. The van der Waals surface area contributed by atoms with E-state index in [0.717, 1.165) is 11.3 Å². The second kappa shape index (κ2) is 4.21. The number of halogens is 1. The first-order valence-corrected chi connectivity index (χ1v) is 5.22. The van der Waals surface area contributed by atoms with Crippen molar-refractivity contribution in [2.45, 2.75) is 19.6 Å². The number of hydrogen-bond acceptors (Lipinski definition) is 3. The van der Waals surface area contributed by atoms with Crippen molar-refractivity contribution in [3.63, 3.8) is 0 Å². The Hall–Kier alpha value is -1.06. The zero-order valence-corrected chi connectivity index (χ0v) is 9.11. The van der Waals surface area contributed by atoms with E-state index >= 15 is 0 Å². The fraction of sp³-hybridized carbons (Fsp3) is 0.364. The second-order valence-electron chi connectivity index (χ2n) is 3.68. The highest BCUT2D eigenvalue weighted by atomic mass is 35.5. The molecule has 4 heteroatoms. The van der Waals surface area contributed by atoms with Crippen LogP contribution in [0.25, 0.3) is 0 Å². The van der Waals surface area contributed by atoms with Gasteiger partial charge >= 0.3 is 0 Å². The SMILES string of the molecule is C[C@@H]1CC(O)ON=C1c1ccc(Cl)cc1. The monoisotopic (exact) mass is 225 g/mol. The molecule has 1 aliphatic rings. The number of aliphatic hydroxyl groups is 1. The summed E-state index contributed by atoms with van der Waals surface area (Å²) < 4.78 is 0. The molecule has 2 atom stereocenters. The van der Waals surface area contributed by atoms with Crippen LogP contribution in [-0.4, -0.2) is 17.1 Å². The molecule has 15 heavy (non-hydrogen) atoms. The van der Waals surface area contributed by atoms with E-state index < -0.39 is 6.29 Å². The van der Waals surface area contributed by atoms with E-state index in [1.165, 1.54) is 0 Å². The van der Waals surface area contributed by atoms with Gasteiger partial charge in [0, 0.05) is 17.4 Å².